The van der Waals surface area contributed by atoms with E-state index in [0.717, 1.165) is 55.0 Å². The number of hydrogen-bond donors (Lipinski definition) is 0. The Balaban J connectivity index is 1.41. The first kappa shape index (κ1) is 17.7. The van der Waals surface area contributed by atoms with Crippen LogP contribution in [0, 0.1) is 4.77 Å². The van der Waals surface area contributed by atoms with E-state index in [1.54, 1.807) is 19.5 Å². The first-order chi connectivity index (χ1) is 13.2. The third-order valence-electron chi connectivity index (χ3n) is 4.76. The highest BCUT2D eigenvalue weighted by molar-refractivity contribution is 7.71. The number of aromatic nitrogens is 4. The fourth-order valence-corrected chi connectivity index (χ4v) is 3.50. The third-order valence-corrected chi connectivity index (χ3v) is 5.19. The van der Waals surface area contributed by atoms with Crippen LogP contribution in [0.3, 0.4) is 0 Å². The second-order valence-electron chi connectivity index (χ2n) is 6.41. The molecule has 2 aromatic heterocycles. The molecule has 0 saturated carbocycles. The van der Waals surface area contributed by atoms with Crippen LogP contribution in [0.15, 0.2) is 55.1 Å². The van der Waals surface area contributed by atoms with E-state index in [2.05, 4.69) is 24.3 Å². The van der Waals surface area contributed by atoms with Crippen LogP contribution in [0.4, 0.5) is 5.95 Å². The summed E-state index contributed by atoms with van der Waals surface area (Å²) in [5.74, 6) is 1.64. The molecule has 1 aliphatic rings. The molecule has 3 aromatic rings. The van der Waals surface area contributed by atoms with Crippen LogP contribution in [0.1, 0.15) is 0 Å². The first-order valence-electron chi connectivity index (χ1n) is 8.91. The number of imidazole rings is 1. The lowest BCUT2D eigenvalue weighted by Crippen LogP contribution is -2.47. The lowest BCUT2D eigenvalue weighted by Gasteiger charge is -2.34. The van der Waals surface area contributed by atoms with Crippen molar-refractivity contribution in [2.75, 3.05) is 38.2 Å². The summed E-state index contributed by atoms with van der Waals surface area (Å²) in [6, 6.07) is 9.75. The highest BCUT2D eigenvalue weighted by Crippen LogP contribution is 2.16. The summed E-state index contributed by atoms with van der Waals surface area (Å²) in [5, 5.41) is 0. The highest BCUT2D eigenvalue weighted by atomic mass is 32.1. The van der Waals surface area contributed by atoms with Gasteiger partial charge in [-0.1, -0.05) is 0 Å². The third kappa shape index (κ3) is 3.86. The second kappa shape index (κ2) is 7.89. The van der Waals surface area contributed by atoms with Gasteiger partial charge in [0.15, 0.2) is 4.77 Å². The minimum Gasteiger partial charge on any atom is -0.497 e. The zero-order valence-corrected chi connectivity index (χ0v) is 16.0. The number of hydrogen-bond acceptors (Lipinski definition) is 6. The molecule has 27 heavy (non-hydrogen) atoms. The predicted molar refractivity (Wildman–Crippen MR) is 107 cm³/mol. The van der Waals surface area contributed by atoms with Crippen LogP contribution in [-0.4, -0.2) is 57.3 Å². The van der Waals surface area contributed by atoms with Crippen molar-refractivity contribution >= 4 is 18.2 Å². The van der Waals surface area contributed by atoms with Gasteiger partial charge in [0.25, 0.3) is 0 Å². The fourth-order valence-electron chi connectivity index (χ4n) is 3.22. The molecule has 0 atom stereocenters. The molecule has 140 valence electrons. The van der Waals surface area contributed by atoms with E-state index in [4.69, 9.17) is 17.0 Å². The topological polar surface area (TPSA) is 51.4 Å². The molecule has 0 spiro atoms. The predicted octanol–water partition coefficient (Wildman–Crippen LogP) is 2.59. The number of benzene rings is 1. The molecule has 0 amide bonds. The maximum atomic E-state index is 5.67. The number of piperazine rings is 1. The molecule has 3 heterocycles. The Hall–Kier alpha value is -2.71. The minimum absolute atomic E-state index is 0.783. The average molecular weight is 382 g/mol. The van der Waals surface area contributed by atoms with E-state index in [1.165, 1.54) is 0 Å². The Kier molecular flexibility index (Phi) is 5.17. The van der Waals surface area contributed by atoms with Gasteiger partial charge in [-0.2, -0.15) is 0 Å². The number of nitrogens with zero attached hydrogens (tertiary/aromatic N) is 6. The van der Waals surface area contributed by atoms with Gasteiger partial charge in [0, 0.05) is 56.7 Å². The largest absolute Gasteiger partial charge is 0.497 e. The van der Waals surface area contributed by atoms with E-state index >= 15 is 0 Å². The van der Waals surface area contributed by atoms with Gasteiger partial charge in [0.05, 0.1) is 13.8 Å². The molecule has 0 aliphatic carbocycles. The number of ether oxygens (including phenoxy) is 1. The van der Waals surface area contributed by atoms with Gasteiger partial charge in [0.2, 0.25) is 5.95 Å². The van der Waals surface area contributed by atoms with Crippen molar-refractivity contribution in [2.45, 2.75) is 6.67 Å². The first-order valence-corrected chi connectivity index (χ1v) is 9.32. The lowest BCUT2D eigenvalue weighted by molar-refractivity contribution is 0.204. The van der Waals surface area contributed by atoms with Gasteiger partial charge < -0.3 is 14.2 Å². The van der Waals surface area contributed by atoms with E-state index in [0.29, 0.717) is 0 Å². The maximum Gasteiger partial charge on any atom is 0.225 e. The molecule has 0 bridgehead atoms. The molecule has 1 fully saturated rings. The molecule has 0 unspecified atom stereocenters. The Morgan fingerprint density at radius 1 is 1.00 bits per heavy atom. The van der Waals surface area contributed by atoms with E-state index in [9.17, 15) is 0 Å². The zero-order valence-electron chi connectivity index (χ0n) is 15.2. The molecular formula is C19H22N6OS. The number of methoxy groups -OCH3 is 1. The molecule has 1 saturated heterocycles. The molecule has 8 heteroatoms. The smallest absolute Gasteiger partial charge is 0.225 e. The van der Waals surface area contributed by atoms with Crippen LogP contribution >= 0.6 is 12.2 Å². The molecule has 0 radical (unpaired) electrons. The van der Waals surface area contributed by atoms with Crippen LogP contribution < -0.4 is 9.64 Å². The summed E-state index contributed by atoms with van der Waals surface area (Å²) >= 11 is 5.67. The van der Waals surface area contributed by atoms with Crippen molar-refractivity contribution < 1.29 is 4.74 Å². The van der Waals surface area contributed by atoms with Crippen molar-refractivity contribution in [3.8, 4) is 11.4 Å². The van der Waals surface area contributed by atoms with Gasteiger partial charge in [-0.25, -0.2) is 9.97 Å². The maximum absolute atomic E-state index is 5.67. The summed E-state index contributed by atoms with van der Waals surface area (Å²) in [5.41, 5.74) is 1.03. The van der Waals surface area contributed by atoms with Gasteiger partial charge in [0.1, 0.15) is 5.75 Å². The Bertz CT molecular complexity index is 929. The summed E-state index contributed by atoms with van der Waals surface area (Å²) in [7, 11) is 1.67. The SMILES string of the molecule is COc1ccc(-n2ccn(CN3CCN(c4ncccn4)CC3)c2=S)cc1. The molecule has 0 N–H and O–H groups in total. The van der Waals surface area contributed by atoms with E-state index < -0.39 is 0 Å². The van der Waals surface area contributed by atoms with Crippen molar-refractivity contribution in [2.24, 2.45) is 0 Å². The quantitative estimate of drug-likeness (QED) is 0.632. The van der Waals surface area contributed by atoms with Gasteiger partial charge in [-0.05, 0) is 42.5 Å². The summed E-state index contributed by atoms with van der Waals surface area (Å²) in [6.45, 7) is 4.51. The summed E-state index contributed by atoms with van der Waals surface area (Å²) in [4.78, 5) is 13.3. The van der Waals surface area contributed by atoms with Crippen molar-refractivity contribution in [3.05, 3.63) is 59.9 Å². The van der Waals surface area contributed by atoms with Gasteiger partial charge in [-0.15, -0.1) is 0 Å². The van der Waals surface area contributed by atoms with Crippen LogP contribution in [0.2, 0.25) is 0 Å². The summed E-state index contributed by atoms with van der Waals surface area (Å²) in [6.07, 6.45) is 7.63. The molecule has 1 aromatic carbocycles. The van der Waals surface area contributed by atoms with Crippen LogP contribution in [0.5, 0.6) is 5.75 Å². The van der Waals surface area contributed by atoms with Crippen LogP contribution in [-0.2, 0) is 6.67 Å². The normalized spacial score (nSPS) is 15.1. The standard InChI is InChI=1S/C19H22N6OS/c1-26-17-5-3-16(4-6-17)25-14-13-24(19(25)27)15-22-9-11-23(12-10-22)18-20-7-2-8-21-18/h2-8,13-14H,9-12,15H2,1H3. The van der Waals surface area contributed by atoms with Crippen LogP contribution in [0.25, 0.3) is 5.69 Å². The number of rotatable bonds is 5. The average Bonchev–Trinajstić information content (AvgIpc) is 3.09. The lowest BCUT2D eigenvalue weighted by atomic mass is 10.3. The van der Waals surface area contributed by atoms with Crippen molar-refractivity contribution in [1.29, 1.82) is 0 Å². The fraction of sp³-hybridized carbons (Fsp3) is 0.316. The number of anilines is 1. The molecular weight excluding hydrogens is 360 g/mol. The van der Waals surface area contributed by atoms with Gasteiger partial charge in [-0.3, -0.25) is 9.47 Å². The van der Waals surface area contributed by atoms with Gasteiger partial charge >= 0.3 is 0 Å². The Labute approximate surface area is 163 Å². The monoisotopic (exact) mass is 382 g/mol. The Morgan fingerprint density at radius 2 is 1.70 bits per heavy atom. The molecule has 1 aliphatic heterocycles. The summed E-state index contributed by atoms with van der Waals surface area (Å²) < 4.78 is 10.1. The van der Waals surface area contributed by atoms with E-state index in [-0.39, 0.29) is 0 Å². The second-order valence-corrected chi connectivity index (χ2v) is 6.78. The highest BCUT2D eigenvalue weighted by Gasteiger charge is 2.19. The van der Waals surface area contributed by atoms with Crippen molar-refractivity contribution in [1.82, 2.24) is 24.0 Å². The van der Waals surface area contributed by atoms with Crippen molar-refractivity contribution in [3.63, 3.8) is 0 Å². The molecule has 7 nitrogen and oxygen atoms in total. The van der Waals surface area contributed by atoms with E-state index in [1.807, 2.05) is 47.3 Å². The Morgan fingerprint density at radius 3 is 2.37 bits per heavy atom. The molecule has 4 rings (SSSR count). The minimum atomic E-state index is 0.783. The zero-order chi connectivity index (χ0) is 18.6.